The van der Waals surface area contributed by atoms with Gasteiger partial charge in [-0.2, -0.15) is 4.98 Å². The van der Waals surface area contributed by atoms with E-state index in [0.717, 1.165) is 25.2 Å². The van der Waals surface area contributed by atoms with Crippen LogP contribution in [0.5, 0.6) is 0 Å². The fourth-order valence-corrected chi connectivity index (χ4v) is 2.24. The molecule has 1 aliphatic rings. The molecule has 5 nitrogen and oxygen atoms in total. The molecule has 0 saturated carbocycles. The molecule has 0 aromatic carbocycles. The first-order chi connectivity index (χ1) is 8.36. The molecule has 3 rings (SSSR count). The van der Waals surface area contributed by atoms with Gasteiger partial charge in [0.1, 0.15) is 0 Å². The van der Waals surface area contributed by atoms with Gasteiger partial charge in [-0.25, -0.2) is 9.50 Å². The summed E-state index contributed by atoms with van der Waals surface area (Å²) >= 11 is 0. The quantitative estimate of drug-likeness (QED) is 0.851. The molecular weight excluding hydrogens is 214 g/mol. The van der Waals surface area contributed by atoms with Crippen molar-refractivity contribution in [2.75, 3.05) is 6.54 Å². The summed E-state index contributed by atoms with van der Waals surface area (Å²) < 4.78 is 1.80. The highest BCUT2D eigenvalue weighted by atomic mass is 15.3. The molecule has 2 aromatic rings. The molecule has 2 aromatic heterocycles. The molecule has 1 aliphatic heterocycles. The summed E-state index contributed by atoms with van der Waals surface area (Å²) in [4.78, 5) is 8.82. The molecule has 1 fully saturated rings. The number of aromatic nitrogens is 4. The summed E-state index contributed by atoms with van der Waals surface area (Å²) in [6.45, 7) is 3.18. The van der Waals surface area contributed by atoms with E-state index in [0.29, 0.717) is 11.8 Å². The number of fused-ring (bicyclic) bond motifs is 1. The summed E-state index contributed by atoms with van der Waals surface area (Å²) in [5, 5.41) is 7.98. The Labute approximate surface area is 100 Å². The topological polar surface area (TPSA) is 55.1 Å². The van der Waals surface area contributed by atoms with E-state index in [-0.39, 0.29) is 0 Å². The Hall–Kier alpha value is -1.49. The fourth-order valence-electron chi connectivity index (χ4n) is 2.24. The Morgan fingerprint density at radius 2 is 2.41 bits per heavy atom. The first-order valence-electron chi connectivity index (χ1n) is 6.31. The molecule has 1 unspecified atom stereocenters. The Kier molecular flexibility index (Phi) is 2.76. The zero-order valence-electron chi connectivity index (χ0n) is 10.1. The van der Waals surface area contributed by atoms with Crippen molar-refractivity contribution < 1.29 is 0 Å². The summed E-state index contributed by atoms with van der Waals surface area (Å²) in [5.41, 5.74) is 1.19. The summed E-state index contributed by atoms with van der Waals surface area (Å²) in [7, 11) is 0. The number of piperidine rings is 1. The van der Waals surface area contributed by atoms with Gasteiger partial charge < -0.3 is 5.32 Å². The molecule has 90 valence electrons. The molecule has 0 radical (unpaired) electrons. The Morgan fingerprint density at radius 1 is 1.47 bits per heavy atom. The molecule has 3 heterocycles. The van der Waals surface area contributed by atoms with Crippen molar-refractivity contribution in [1.82, 2.24) is 24.9 Å². The second-order valence-corrected chi connectivity index (χ2v) is 4.53. The zero-order valence-corrected chi connectivity index (χ0v) is 10.1. The molecule has 5 heteroatoms. The smallest absolute Gasteiger partial charge is 0.252 e. The van der Waals surface area contributed by atoms with E-state index in [9.17, 15) is 0 Å². The number of hydrogen-bond donors (Lipinski definition) is 1. The van der Waals surface area contributed by atoms with Crippen molar-refractivity contribution >= 4 is 5.78 Å². The predicted octanol–water partition coefficient (Wildman–Crippen LogP) is 1.50. The van der Waals surface area contributed by atoms with E-state index in [1.54, 1.807) is 4.52 Å². The molecule has 0 bridgehead atoms. The van der Waals surface area contributed by atoms with Crippen LogP contribution in [0.2, 0.25) is 0 Å². The predicted molar refractivity (Wildman–Crippen MR) is 64.8 cm³/mol. The molecule has 1 atom stereocenters. The second-order valence-electron chi connectivity index (χ2n) is 4.53. The van der Waals surface area contributed by atoms with Gasteiger partial charge in [0, 0.05) is 12.4 Å². The maximum atomic E-state index is 4.53. The average Bonchev–Trinajstić information content (AvgIpc) is 2.82. The number of aryl methyl sites for hydroxylation is 1. The minimum absolute atomic E-state index is 0.301. The zero-order chi connectivity index (χ0) is 11.7. The van der Waals surface area contributed by atoms with Crippen LogP contribution in [-0.2, 0) is 6.42 Å². The van der Waals surface area contributed by atoms with Crippen LogP contribution in [0.15, 0.2) is 12.4 Å². The number of hydrogen-bond acceptors (Lipinski definition) is 4. The third-order valence-electron chi connectivity index (χ3n) is 3.29. The van der Waals surface area contributed by atoms with E-state index >= 15 is 0 Å². The van der Waals surface area contributed by atoms with Gasteiger partial charge in [0.15, 0.2) is 5.82 Å². The molecule has 17 heavy (non-hydrogen) atoms. The van der Waals surface area contributed by atoms with Crippen LogP contribution in [0, 0.1) is 0 Å². The van der Waals surface area contributed by atoms with Crippen LogP contribution in [0.4, 0.5) is 0 Å². The maximum Gasteiger partial charge on any atom is 0.252 e. The largest absolute Gasteiger partial charge is 0.307 e. The maximum absolute atomic E-state index is 4.53. The van der Waals surface area contributed by atoms with Gasteiger partial charge in [0.25, 0.3) is 5.78 Å². The van der Waals surface area contributed by atoms with Crippen LogP contribution < -0.4 is 5.32 Å². The second kappa shape index (κ2) is 4.41. The lowest BCUT2D eigenvalue weighted by Gasteiger charge is -2.20. The monoisotopic (exact) mass is 231 g/mol. The van der Waals surface area contributed by atoms with Crippen LogP contribution in [-0.4, -0.2) is 26.1 Å². The van der Waals surface area contributed by atoms with Crippen molar-refractivity contribution in [2.24, 2.45) is 0 Å². The van der Waals surface area contributed by atoms with E-state index in [1.165, 1.54) is 18.4 Å². The third kappa shape index (κ3) is 2.02. The van der Waals surface area contributed by atoms with E-state index in [2.05, 4.69) is 27.3 Å². The summed E-state index contributed by atoms with van der Waals surface area (Å²) in [6, 6.07) is 0.301. The van der Waals surface area contributed by atoms with Gasteiger partial charge in [-0.3, -0.25) is 0 Å². The van der Waals surface area contributed by atoms with Crippen LogP contribution in [0.1, 0.15) is 43.6 Å². The lowest BCUT2D eigenvalue weighted by Crippen LogP contribution is -2.27. The highest BCUT2D eigenvalue weighted by Gasteiger charge is 2.19. The van der Waals surface area contributed by atoms with Crippen LogP contribution >= 0.6 is 0 Å². The molecule has 1 N–H and O–H groups in total. The minimum atomic E-state index is 0.301. The van der Waals surface area contributed by atoms with Crippen molar-refractivity contribution in [3.05, 3.63) is 23.8 Å². The number of nitrogens with zero attached hydrogens (tertiary/aromatic N) is 4. The van der Waals surface area contributed by atoms with Gasteiger partial charge in [-0.05, 0) is 31.4 Å². The first kappa shape index (κ1) is 10.7. The number of nitrogens with one attached hydrogen (secondary N) is 1. The van der Waals surface area contributed by atoms with Gasteiger partial charge in [0.2, 0.25) is 0 Å². The Morgan fingerprint density at radius 3 is 3.18 bits per heavy atom. The third-order valence-corrected chi connectivity index (χ3v) is 3.29. The fraction of sp³-hybridized carbons (Fsp3) is 0.583. The van der Waals surface area contributed by atoms with Crippen molar-refractivity contribution in [2.45, 2.75) is 38.6 Å². The Bertz CT molecular complexity index is 513. The van der Waals surface area contributed by atoms with E-state index in [4.69, 9.17) is 0 Å². The number of rotatable bonds is 2. The van der Waals surface area contributed by atoms with Crippen LogP contribution in [0.3, 0.4) is 0 Å². The van der Waals surface area contributed by atoms with Crippen LogP contribution in [0.25, 0.3) is 5.78 Å². The SMILES string of the molecule is CCc1cnc2nc(C3CCCCN3)nn2c1. The lowest BCUT2D eigenvalue weighted by atomic mass is 10.0. The van der Waals surface area contributed by atoms with E-state index < -0.39 is 0 Å². The van der Waals surface area contributed by atoms with Gasteiger partial charge >= 0.3 is 0 Å². The highest BCUT2D eigenvalue weighted by Crippen LogP contribution is 2.20. The van der Waals surface area contributed by atoms with Crippen molar-refractivity contribution in [3.8, 4) is 0 Å². The molecule has 0 amide bonds. The first-order valence-corrected chi connectivity index (χ1v) is 6.31. The van der Waals surface area contributed by atoms with Gasteiger partial charge in [-0.15, -0.1) is 5.10 Å². The average molecular weight is 231 g/mol. The molecule has 0 aliphatic carbocycles. The van der Waals surface area contributed by atoms with E-state index in [1.807, 2.05) is 12.4 Å². The standard InChI is InChI=1S/C12H17N5/c1-2-9-7-14-12-15-11(16-17(12)8-9)10-5-3-4-6-13-10/h7-8,10,13H,2-6H2,1H3. The Balaban J connectivity index is 1.95. The normalized spacial score (nSPS) is 20.9. The van der Waals surface area contributed by atoms with Gasteiger partial charge in [0.05, 0.1) is 6.04 Å². The molecular formula is C12H17N5. The van der Waals surface area contributed by atoms with Crippen molar-refractivity contribution in [3.63, 3.8) is 0 Å². The van der Waals surface area contributed by atoms with Gasteiger partial charge in [-0.1, -0.05) is 13.3 Å². The lowest BCUT2D eigenvalue weighted by molar-refractivity contribution is 0.397. The minimum Gasteiger partial charge on any atom is -0.307 e. The highest BCUT2D eigenvalue weighted by molar-refractivity contribution is 5.28. The van der Waals surface area contributed by atoms with Crippen molar-refractivity contribution in [1.29, 1.82) is 0 Å². The summed E-state index contributed by atoms with van der Waals surface area (Å²) in [5.74, 6) is 1.58. The summed E-state index contributed by atoms with van der Waals surface area (Å²) in [6.07, 6.45) is 8.49. The molecule has 0 spiro atoms. The molecule has 1 saturated heterocycles.